The molecule has 0 spiro atoms. The standard InChI is InChI=1S/C28H33F3N6O2S/c1-16-10-17-2-5-24(21(17)12-32-16)40-25-15-37(19-6-8-39-9-7-19)14-23(25)34-26(38)13-33-27-20-11-18(28(29,30)31)3-4-22(20)35-36-27/h3-4,10-12,19,23-25H,2,5-9,13-15H2,1H3,(H,34,38)(H2,33,35,36)/t23?,24?,25-/m0/s1. The molecule has 3 aliphatic rings. The topological polar surface area (TPSA) is 95.2 Å². The van der Waals surface area contributed by atoms with Crippen molar-refractivity contribution < 1.29 is 22.7 Å². The van der Waals surface area contributed by atoms with Crippen LogP contribution in [0.4, 0.5) is 19.0 Å². The maximum absolute atomic E-state index is 13.2. The lowest BCUT2D eigenvalue weighted by atomic mass is 10.1. The molecule has 2 unspecified atom stereocenters. The van der Waals surface area contributed by atoms with Crippen LogP contribution in [0, 0.1) is 6.92 Å². The van der Waals surface area contributed by atoms with E-state index in [1.54, 1.807) is 0 Å². The number of ether oxygens (including phenoxy) is 1. The predicted octanol–water partition coefficient (Wildman–Crippen LogP) is 4.47. The second-order valence-corrected chi connectivity index (χ2v) is 12.3. The van der Waals surface area contributed by atoms with Gasteiger partial charge in [0.2, 0.25) is 5.91 Å². The number of pyridine rings is 1. The normalized spacial score (nSPS) is 23.9. The van der Waals surface area contributed by atoms with Crippen molar-refractivity contribution in [2.24, 2.45) is 0 Å². The van der Waals surface area contributed by atoms with Crippen molar-refractivity contribution in [3.8, 4) is 0 Å². The molecule has 1 aromatic carbocycles. The molecule has 4 heterocycles. The summed E-state index contributed by atoms with van der Waals surface area (Å²) >= 11 is 1.93. The lowest BCUT2D eigenvalue weighted by Gasteiger charge is -2.31. The molecule has 12 heteroatoms. The van der Waals surface area contributed by atoms with Crippen LogP contribution >= 0.6 is 11.8 Å². The van der Waals surface area contributed by atoms with Crippen LogP contribution in [-0.4, -0.2) is 76.2 Å². The first-order valence-corrected chi connectivity index (χ1v) is 14.7. The SMILES string of the molecule is Cc1cc2c(cn1)C(S[C@H]1CN(C3CCOCC3)CC1NC(=O)CNc1n[nH]c3ccc(C(F)(F)F)cc13)CC2. The Morgan fingerprint density at radius 3 is 2.83 bits per heavy atom. The third-order valence-electron chi connectivity index (χ3n) is 8.18. The number of hydrogen-bond donors (Lipinski definition) is 3. The molecule has 3 aromatic rings. The highest BCUT2D eigenvalue weighted by Gasteiger charge is 2.40. The number of aromatic amines is 1. The van der Waals surface area contributed by atoms with Gasteiger partial charge in [0.05, 0.1) is 23.7 Å². The highest BCUT2D eigenvalue weighted by atomic mass is 32.2. The van der Waals surface area contributed by atoms with E-state index < -0.39 is 11.7 Å². The van der Waals surface area contributed by atoms with Gasteiger partial charge in [-0.1, -0.05) is 0 Å². The molecule has 2 saturated heterocycles. The molecule has 2 fully saturated rings. The Bertz CT molecular complexity index is 1380. The zero-order valence-corrected chi connectivity index (χ0v) is 23.1. The Balaban J connectivity index is 1.13. The molecule has 214 valence electrons. The number of nitrogens with one attached hydrogen (secondary N) is 3. The van der Waals surface area contributed by atoms with Gasteiger partial charge in [0.1, 0.15) is 0 Å². The van der Waals surface area contributed by atoms with E-state index in [4.69, 9.17) is 4.74 Å². The minimum absolute atomic E-state index is 0.0441. The summed E-state index contributed by atoms with van der Waals surface area (Å²) in [5.74, 6) is 0.0134. The summed E-state index contributed by atoms with van der Waals surface area (Å²) in [6.45, 7) is 5.10. The van der Waals surface area contributed by atoms with Crippen LogP contribution in [0.25, 0.3) is 10.9 Å². The van der Waals surface area contributed by atoms with E-state index >= 15 is 0 Å². The Labute approximate surface area is 234 Å². The van der Waals surface area contributed by atoms with Crippen molar-refractivity contribution in [3.05, 3.63) is 52.8 Å². The first-order chi connectivity index (χ1) is 19.2. The number of nitrogens with zero attached hydrogens (tertiary/aromatic N) is 3. The van der Waals surface area contributed by atoms with E-state index in [1.165, 1.54) is 17.2 Å². The van der Waals surface area contributed by atoms with E-state index in [0.29, 0.717) is 22.2 Å². The number of aryl methyl sites for hydroxylation is 2. The van der Waals surface area contributed by atoms with Gasteiger partial charge in [0, 0.05) is 60.1 Å². The van der Waals surface area contributed by atoms with E-state index in [0.717, 1.165) is 69.8 Å². The number of hydrogen-bond acceptors (Lipinski definition) is 7. The molecule has 2 aromatic heterocycles. The van der Waals surface area contributed by atoms with Crippen LogP contribution in [0.2, 0.25) is 0 Å². The van der Waals surface area contributed by atoms with E-state index in [1.807, 2.05) is 24.9 Å². The Morgan fingerprint density at radius 2 is 2.02 bits per heavy atom. The second kappa shape index (κ2) is 11.2. The molecule has 0 bridgehead atoms. The highest BCUT2D eigenvalue weighted by molar-refractivity contribution is 8.00. The van der Waals surface area contributed by atoms with Crippen LogP contribution in [-0.2, 0) is 22.1 Å². The summed E-state index contributed by atoms with van der Waals surface area (Å²) in [6, 6.07) is 5.98. The largest absolute Gasteiger partial charge is 0.416 e. The van der Waals surface area contributed by atoms with Gasteiger partial charge < -0.3 is 15.4 Å². The van der Waals surface area contributed by atoms with Crippen molar-refractivity contribution in [1.82, 2.24) is 25.4 Å². The molecule has 1 amide bonds. The van der Waals surface area contributed by atoms with Gasteiger partial charge in [-0.15, -0.1) is 11.8 Å². The second-order valence-electron chi connectivity index (χ2n) is 10.9. The molecule has 3 N–H and O–H groups in total. The van der Waals surface area contributed by atoms with Crippen LogP contribution < -0.4 is 10.6 Å². The Hall–Kier alpha value is -2.83. The molecule has 1 aliphatic carbocycles. The molecule has 3 atom stereocenters. The summed E-state index contributed by atoms with van der Waals surface area (Å²) in [5, 5.41) is 13.8. The molecular formula is C28H33F3N6O2S. The average Bonchev–Trinajstić information content (AvgIpc) is 3.64. The minimum atomic E-state index is -4.46. The highest BCUT2D eigenvalue weighted by Crippen LogP contribution is 2.45. The van der Waals surface area contributed by atoms with E-state index in [9.17, 15) is 18.0 Å². The van der Waals surface area contributed by atoms with Gasteiger partial charge in [-0.25, -0.2) is 0 Å². The average molecular weight is 575 g/mol. The molecular weight excluding hydrogens is 541 g/mol. The monoisotopic (exact) mass is 574 g/mol. The Kier molecular flexibility index (Phi) is 7.66. The van der Waals surface area contributed by atoms with E-state index in [2.05, 4.69) is 36.8 Å². The van der Waals surface area contributed by atoms with Gasteiger partial charge in [-0.05, 0) is 68.0 Å². The first-order valence-electron chi connectivity index (χ1n) is 13.8. The number of benzene rings is 1. The number of aromatic nitrogens is 3. The van der Waals surface area contributed by atoms with Crippen molar-refractivity contribution in [3.63, 3.8) is 0 Å². The number of rotatable bonds is 7. The fourth-order valence-corrected chi connectivity index (χ4v) is 7.76. The van der Waals surface area contributed by atoms with Gasteiger partial charge in [0.25, 0.3) is 0 Å². The van der Waals surface area contributed by atoms with Gasteiger partial charge in [0.15, 0.2) is 5.82 Å². The number of carbonyl (C=O) groups is 1. The molecule has 0 radical (unpaired) electrons. The number of amides is 1. The van der Waals surface area contributed by atoms with Gasteiger partial charge >= 0.3 is 6.18 Å². The zero-order valence-electron chi connectivity index (χ0n) is 22.3. The van der Waals surface area contributed by atoms with Crippen molar-refractivity contribution in [1.29, 1.82) is 0 Å². The number of alkyl halides is 3. The lowest BCUT2D eigenvalue weighted by molar-refractivity contribution is -0.137. The number of carbonyl (C=O) groups excluding carboxylic acids is 1. The van der Waals surface area contributed by atoms with Crippen molar-refractivity contribution in [2.75, 3.05) is 38.2 Å². The molecule has 40 heavy (non-hydrogen) atoms. The van der Waals surface area contributed by atoms with Crippen LogP contribution in [0.3, 0.4) is 0 Å². The number of fused-ring (bicyclic) bond motifs is 2. The lowest BCUT2D eigenvalue weighted by Crippen LogP contribution is -2.45. The van der Waals surface area contributed by atoms with Gasteiger partial charge in [-0.3, -0.25) is 19.8 Å². The molecule has 2 aliphatic heterocycles. The van der Waals surface area contributed by atoms with Crippen LogP contribution in [0.1, 0.15) is 46.9 Å². The summed E-state index contributed by atoms with van der Waals surface area (Å²) in [6.07, 6.45) is 1.63. The number of anilines is 1. The fraction of sp³-hybridized carbons (Fsp3) is 0.536. The number of halogens is 3. The van der Waals surface area contributed by atoms with Gasteiger partial charge in [-0.2, -0.15) is 18.3 Å². The minimum Gasteiger partial charge on any atom is -0.381 e. The quantitative estimate of drug-likeness (QED) is 0.384. The predicted molar refractivity (Wildman–Crippen MR) is 148 cm³/mol. The maximum Gasteiger partial charge on any atom is 0.416 e. The van der Waals surface area contributed by atoms with E-state index in [-0.39, 0.29) is 29.6 Å². The summed E-state index contributed by atoms with van der Waals surface area (Å²) in [4.78, 5) is 20.1. The third-order valence-corrected chi connectivity index (χ3v) is 9.82. The Morgan fingerprint density at radius 1 is 1.20 bits per heavy atom. The van der Waals surface area contributed by atoms with Crippen molar-refractivity contribution in [2.45, 2.75) is 61.4 Å². The molecule has 6 rings (SSSR count). The summed E-state index contributed by atoms with van der Waals surface area (Å²) in [7, 11) is 0. The number of likely N-dealkylation sites (tertiary alicyclic amines) is 1. The maximum atomic E-state index is 13.2. The number of thioether (sulfide) groups is 1. The summed E-state index contributed by atoms with van der Waals surface area (Å²) < 4.78 is 45.2. The zero-order chi connectivity index (χ0) is 27.9. The first kappa shape index (κ1) is 27.3. The van der Waals surface area contributed by atoms with Crippen LogP contribution in [0.15, 0.2) is 30.5 Å². The smallest absolute Gasteiger partial charge is 0.381 e. The van der Waals surface area contributed by atoms with Crippen LogP contribution in [0.5, 0.6) is 0 Å². The summed E-state index contributed by atoms with van der Waals surface area (Å²) in [5.41, 5.74) is 3.42. The number of H-pyrrole nitrogens is 1. The molecule has 0 saturated carbocycles. The third kappa shape index (κ3) is 5.80. The molecule has 8 nitrogen and oxygen atoms in total. The van der Waals surface area contributed by atoms with Crippen molar-refractivity contribution >= 4 is 34.4 Å². The fourth-order valence-electron chi connectivity index (χ4n) is 6.10.